The zero-order chi connectivity index (χ0) is 31.9. The van der Waals surface area contributed by atoms with Crippen LogP contribution in [0.3, 0.4) is 0 Å². The van der Waals surface area contributed by atoms with Crippen LogP contribution in [0.25, 0.3) is 55.4 Å². The number of carbonyl (C=O) groups is 1. The number of esters is 1. The monoisotopic (exact) mass is 654 g/mol. The molecular formula is C36H22ClF3N2O3S. The molecule has 5 nitrogen and oxygen atoms in total. The van der Waals surface area contributed by atoms with Crippen molar-refractivity contribution >= 4 is 51.4 Å². The Morgan fingerprint density at radius 2 is 1.67 bits per heavy atom. The van der Waals surface area contributed by atoms with Crippen LogP contribution in [0.2, 0.25) is 5.02 Å². The smallest absolute Gasteiger partial charge is 0.337 e. The summed E-state index contributed by atoms with van der Waals surface area (Å²) < 4.78 is 53.9. The molecule has 0 saturated carbocycles. The lowest BCUT2D eigenvalue weighted by molar-refractivity contribution is 0.0600. The van der Waals surface area contributed by atoms with E-state index in [0.29, 0.717) is 37.5 Å². The third kappa shape index (κ3) is 5.31. The Morgan fingerprint density at radius 3 is 2.43 bits per heavy atom. The van der Waals surface area contributed by atoms with Crippen LogP contribution in [-0.4, -0.2) is 22.2 Å². The van der Waals surface area contributed by atoms with Crippen molar-refractivity contribution in [1.29, 1.82) is 0 Å². The highest BCUT2D eigenvalue weighted by Crippen LogP contribution is 2.47. The Bertz CT molecular complexity index is 2260. The maximum atomic E-state index is 15.0. The number of halogens is 4. The molecule has 7 aromatic rings. The number of hydrogen-bond donors (Lipinski definition) is 0. The Kier molecular flexibility index (Phi) is 7.80. The number of methoxy groups -OCH3 is 1. The fourth-order valence-electron chi connectivity index (χ4n) is 5.58. The van der Waals surface area contributed by atoms with E-state index in [-0.39, 0.29) is 5.56 Å². The van der Waals surface area contributed by atoms with Gasteiger partial charge in [0.1, 0.15) is 5.82 Å². The van der Waals surface area contributed by atoms with Gasteiger partial charge in [-0.05, 0) is 77.7 Å². The summed E-state index contributed by atoms with van der Waals surface area (Å²) in [6, 6.07) is 29.0. The highest BCUT2D eigenvalue weighted by molar-refractivity contribution is 7.98. The highest BCUT2D eigenvalue weighted by atomic mass is 35.5. The molecule has 228 valence electrons. The molecular weight excluding hydrogens is 633 g/mol. The van der Waals surface area contributed by atoms with Crippen LogP contribution in [0.1, 0.15) is 22.3 Å². The van der Waals surface area contributed by atoms with Gasteiger partial charge in [-0.2, -0.15) is 0 Å². The standard InChI is InChI=1S/C36H22ClF3N2O3S/c1-44-36(43)23-10-14-26(30(37)17-23)21-4-2-5-22(16-21)34-33(27-6-3-7-32-29(27)19-41-45-32)28-18-24(38)11-15-31(28)42(34)46-25-12-8-20(9-13-25)35(39)40/h2-19,35H,1H3. The molecule has 10 heteroatoms. The van der Waals surface area contributed by atoms with Gasteiger partial charge in [0.25, 0.3) is 6.43 Å². The number of carbonyl (C=O) groups excluding carboxylic acids is 1. The van der Waals surface area contributed by atoms with Gasteiger partial charge in [0.05, 0.1) is 30.1 Å². The first kappa shape index (κ1) is 29.7. The number of alkyl halides is 2. The van der Waals surface area contributed by atoms with Gasteiger partial charge in [0, 0.05) is 42.9 Å². The van der Waals surface area contributed by atoms with Gasteiger partial charge in [-0.3, -0.25) is 3.97 Å². The number of nitrogens with zero attached hydrogens (tertiary/aromatic N) is 2. The molecule has 5 aromatic carbocycles. The molecule has 0 radical (unpaired) electrons. The van der Waals surface area contributed by atoms with Crippen LogP contribution in [0.5, 0.6) is 0 Å². The quantitative estimate of drug-likeness (QED) is 0.160. The molecule has 0 amide bonds. The first-order chi connectivity index (χ1) is 22.3. The third-order valence-corrected chi connectivity index (χ3v) is 9.08. The molecule has 0 aliphatic rings. The SMILES string of the molecule is COC(=O)c1ccc(-c2cccc(-c3c(-c4cccc5oncc45)c4cc(F)ccc4n3Sc3ccc(C(F)F)cc3)c2)c(Cl)c1. The van der Waals surface area contributed by atoms with E-state index in [1.807, 2.05) is 46.4 Å². The minimum atomic E-state index is -2.59. The van der Waals surface area contributed by atoms with Crippen LogP contribution in [0.4, 0.5) is 13.2 Å². The molecule has 0 aliphatic heterocycles. The lowest BCUT2D eigenvalue weighted by Gasteiger charge is -2.15. The minimum absolute atomic E-state index is 0.0772. The minimum Gasteiger partial charge on any atom is -0.465 e. The number of fused-ring (bicyclic) bond motifs is 2. The molecule has 0 saturated heterocycles. The van der Waals surface area contributed by atoms with Gasteiger partial charge in [-0.15, -0.1) is 0 Å². The van der Waals surface area contributed by atoms with Crippen molar-refractivity contribution in [1.82, 2.24) is 9.13 Å². The van der Waals surface area contributed by atoms with Crippen molar-refractivity contribution < 1.29 is 27.2 Å². The van der Waals surface area contributed by atoms with E-state index in [2.05, 4.69) is 5.16 Å². The number of ether oxygens (including phenoxy) is 1. The van der Waals surface area contributed by atoms with E-state index in [1.54, 1.807) is 42.6 Å². The predicted octanol–water partition coefficient (Wildman–Crippen LogP) is 10.9. The van der Waals surface area contributed by atoms with Crippen LogP contribution in [-0.2, 0) is 4.74 Å². The summed E-state index contributed by atoms with van der Waals surface area (Å²) in [5.74, 6) is -0.905. The number of benzene rings is 5. The number of aromatic nitrogens is 2. The second-order valence-corrected chi connectivity index (χ2v) is 11.9. The molecule has 0 N–H and O–H groups in total. The summed E-state index contributed by atoms with van der Waals surface area (Å²) in [5.41, 5.74) is 6.05. The molecule has 0 atom stereocenters. The van der Waals surface area contributed by atoms with E-state index in [0.717, 1.165) is 33.3 Å². The summed E-state index contributed by atoms with van der Waals surface area (Å²) in [5, 5.41) is 5.76. The molecule has 2 aromatic heterocycles. The largest absolute Gasteiger partial charge is 0.465 e. The Morgan fingerprint density at radius 1 is 0.891 bits per heavy atom. The lowest BCUT2D eigenvalue weighted by Crippen LogP contribution is -2.00. The maximum absolute atomic E-state index is 15.0. The summed E-state index contributed by atoms with van der Waals surface area (Å²) in [4.78, 5) is 12.8. The molecule has 46 heavy (non-hydrogen) atoms. The molecule has 0 unspecified atom stereocenters. The molecule has 2 heterocycles. The van der Waals surface area contributed by atoms with Crippen LogP contribution in [0, 0.1) is 5.82 Å². The van der Waals surface area contributed by atoms with Crippen LogP contribution >= 0.6 is 23.5 Å². The summed E-state index contributed by atoms with van der Waals surface area (Å²) in [6.07, 6.45) is -0.955. The summed E-state index contributed by atoms with van der Waals surface area (Å²) in [7, 11) is 1.31. The van der Waals surface area contributed by atoms with Gasteiger partial charge >= 0.3 is 5.97 Å². The second kappa shape index (κ2) is 12.1. The summed E-state index contributed by atoms with van der Waals surface area (Å²) in [6.45, 7) is 0. The van der Waals surface area contributed by atoms with E-state index in [9.17, 15) is 18.0 Å². The molecule has 7 rings (SSSR count). The van der Waals surface area contributed by atoms with Crippen molar-refractivity contribution in [3.05, 3.63) is 131 Å². The number of hydrogen-bond acceptors (Lipinski definition) is 5. The average molecular weight is 655 g/mol. The predicted molar refractivity (Wildman–Crippen MR) is 175 cm³/mol. The first-order valence-corrected chi connectivity index (χ1v) is 15.2. The first-order valence-electron chi connectivity index (χ1n) is 14.0. The van der Waals surface area contributed by atoms with E-state index in [4.69, 9.17) is 20.9 Å². The Balaban J connectivity index is 1.49. The van der Waals surface area contributed by atoms with Crippen LogP contribution in [0.15, 0.2) is 119 Å². The van der Waals surface area contributed by atoms with Crippen molar-refractivity contribution in [3.8, 4) is 33.5 Å². The Labute approximate surface area is 270 Å². The maximum Gasteiger partial charge on any atom is 0.337 e. The van der Waals surface area contributed by atoms with Crippen molar-refractivity contribution in [3.63, 3.8) is 0 Å². The average Bonchev–Trinajstić information content (AvgIpc) is 3.67. The van der Waals surface area contributed by atoms with E-state index < -0.39 is 18.2 Å². The number of rotatable bonds is 7. The van der Waals surface area contributed by atoms with E-state index in [1.165, 1.54) is 43.3 Å². The van der Waals surface area contributed by atoms with Crippen molar-refractivity contribution in [2.45, 2.75) is 11.3 Å². The van der Waals surface area contributed by atoms with Gasteiger partial charge in [0.2, 0.25) is 0 Å². The molecule has 0 bridgehead atoms. The van der Waals surface area contributed by atoms with E-state index >= 15 is 0 Å². The summed E-state index contributed by atoms with van der Waals surface area (Å²) >= 11 is 8.00. The van der Waals surface area contributed by atoms with Gasteiger partial charge in [-0.25, -0.2) is 18.0 Å². The fraction of sp³-hybridized carbons (Fsp3) is 0.0556. The third-order valence-electron chi connectivity index (χ3n) is 7.72. The van der Waals surface area contributed by atoms with Gasteiger partial charge < -0.3 is 9.26 Å². The normalized spacial score (nSPS) is 11.5. The molecule has 0 fully saturated rings. The second-order valence-electron chi connectivity index (χ2n) is 10.5. The van der Waals surface area contributed by atoms with Crippen LogP contribution < -0.4 is 0 Å². The van der Waals surface area contributed by atoms with Crippen molar-refractivity contribution in [2.75, 3.05) is 7.11 Å². The fourth-order valence-corrected chi connectivity index (χ4v) is 6.89. The Hall–Kier alpha value is -4.99. The highest BCUT2D eigenvalue weighted by Gasteiger charge is 2.24. The van der Waals surface area contributed by atoms with Crippen molar-refractivity contribution in [2.24, 2.45) is 0 Å². The topological polar surface area (TPSA) is 57.3 Å². The van der Waals surface area contributed by atoms with Gasteiger partial charge in [0.15, 0.2) is 5.58 Å². The van der Waals surface area contributed by atoms with Gasteiger partial charge in [-0.1, -0.05) is 65.3 Å². The lowest BCUT2D eigenvalue weighted by atomic mass is 9.94. The molecule has 0 aliphatic carbocycles. The molecule has 0 spiro atoms. The zero-order valence-electron chi connectivity index (χ0n) is 24.0. The zero-order valence-corrected chi connectivity index (χ0v) is 25.6.